The van der Waals surface area contributed by atoms with Crippen LogP contribution in [0.3, 0.4) is 0 Å². The normalized spacial score (nSPS) is 38.5. The molecule has 0 unspecified atom stereocenters. The minimum absolute atomic E-state index is 0.349. The van der Waals surface area contributed by atoms with Crippen LogP contribution in [0.5, 0.6) is 0 Å². The summed E-state index contributed by atoms with van der Waals surface area (Å²) in [5.74, 6) is 0.668. The molecule has 3 saturated carbocycles. The van der Waals surface area contributed by atoms with Gasteiger partial charge < -0.3 is 10.2 Å². The van der Waals surface area contributed by atoms with Crippen LogP contribution >= 0.6 is 0 Å². The topological polar surface area (TPSA) is 40.5 Å². The number of allylic oxidation sites excluding steroid dienone is 5. The first-order valence-electron chi connectivity index (χ1n) is 9.43. The first kappa shape index (κ1) is 17.7. The maximum Gasteiger partial charge on any atom is 0.0809 e. The van der Waals surface area contributed by atoms with Gasteiger partial charge in [-0.05, 0) is 75.7 Å². The van der Waals surface area contributed by atoms with Crippen LogP contribution in [0.25, 0.3) is 0 Å². The summed E-state index contributed by atoms with van der Waals surface area (Å²) in [4.78, 5) is 0. The molecular weight excluding hydrogens is 296 g/mol. The molecule has 2 nitrogen and oxygen atoms in total. The molecule has 2 heteroatoms. The van der Waals surface area contributed by atoms with Gasteiger partial charge in [0, 0.05) is 0 Å². The highest BCUT2D eigenvalue weighted by Gasteiger charge is 2.46. The van der Waals surface area contributed by atoms with E-state index in [-0.39, 0.29) is 0 Å². The summed E-state index contributed by atoms with van der Waals surface area (Å²) in [6.45, 7) is 10.8. The van der Waals surface area contributed by atoms with Gasteiger partial charge in [-0.3, -0.25) is 0 Å². The molecule has 0 aromatic heterocycles. The summed E-state index contributed by atoms with van der Waals surface area (Å²) < 4.78 is 0. The van der Waals surface area contributed by atoms with Gasteiger partial charge in [0.05, 0.1) is 12.2 Å². The Balaban J connectivity index is 1.83. The number of fused-ring (bicyclic) bond motifs is 1. The van der Waals surface area contributed by atoms with Crippen molar-refractivity contribution in [3.05, 3.63) is 46.6 Å². The van der Waals surface area contributed by atoms with Crippen molar-refractivity contribution in [1.82, 2.24) is 0 Å². The van der Waals surface area contributed by atoms with Gasteiger partial charge in [0.15, 0.2) is 0 Å². The van der Waals surface area contributed by atoms with E-state index < -0.39 is 12.2 Å². The van der Waals surface area contributed by atoms with Gasteiger partial charge in [-0.2, -0.15) is 0 Å². The van der Waals surface area contributed by atoms with Crippen LogP contribution in [-0.4, -0.2) is 22.4 Å². The standard InChI is InChI=1S/C22H32O2/c1-14(2)18-9-10-19-17(6-5-11-22(18,19)4)8-7-16-12-20(23)15(3)21(24)13-16/h7-8,19-21,23-24H,3,5-6,9-13H2,1-2,4H3/t19-,20+,21+,22+/m0/s1. The maximum atomic E-state index is 10.0. The Morgan fingerprint density at radius 3 is 2.42 bits per heavy atom. The molecule has 24 heavy (non-hydrogen) atoms. The first-order valence-corrected chi connectivity index (χ1v) is 9.43. The van der Waals surface area contributed by atoms with E-state index in [0.29, 0.717) is 29.7 Å². The number of aliphatic hydroxyl groups excluding tert-OH is 2. The number of rotatable bonds is 1. The fourth-order valence-electron chi connectivity index (χ4n) is 5.30. The van der Waals surface area contributed by atoms with Crippen molar-refractivity contribution in [1.29, 1.82) is 0 Å². The lowest BCUT2D eigenvalue weighted by Crippen LogP contribution is -2.29. The molecule has 0 amide bonds. The van der Waals surface area contributed by atoms with Crippen molar-refractivity contribution in [3.8, 4) is 0 Å². The predicted molar refractivity (Wildman–Crippen MR) is 99.6 cm³/mol. The molecule has 0 aromatic carbocycles. The third kappa shape index (κ3) is 3.07. The second kappa shape index (κ2) is 6.65. The van der Waals surface area contributed by atoms with Crippen molar-refractivity contribution in [2.24, 2.45) is 11.3 Å². The fraction of sp³-hybridized carbons (Fsp3) is 0.636. The SMILES string of the molecule is C=C1[C@H](O)CC(=CC=C2CCC[C@]3(C)C(=C(C)C)CC[C@@H]23)C[C@H]1O. The van der Waals surface area contributed by atoms with Crippen molar-refractivity contribution < 1.29 is 10.2 Å². The maximum absolute atomic E-state index is 10.0. The molecule has 0 heterocycles. The summed E-state index contributed by atoms with van der Waals surface area (Å²) in [6.07, 6.45) is 10.8. The fourth-order valence-corrected chi connectivity index (χ4v) is 5.30. The van der Waals surface area contributed by atoms with Gasteiger partial charge in [0.1, 0.15) is 0 Å². The van der Waals surface area contributed by atoms with Crippen LogP contribution in [0, 0.1) is 11.3 Å². The van der Waals surface area contributed by atoms with Crippen LogP contribution in [0.15, 0.2) is 46.6 Å². The minimum atomic E-state index is -0.598. The van der Waals surface area contributed by atoms with E-state index >= 15 is 0 Å². The Labute approximate surface area is 146 Å². The van der Waals surface area contributed by atoms with Crippen molar-refractivity contribution >= 4 is 0 Å². The molecule has 3 fully saturated rings. The van der Waals surface area contributed by atoms with Crippen LogP contribution in [0.4, 0.5) is 0 Å². The van der Waals surface area contributed by atoms with Gasteiger partial charge in [-0.25, -0.2) is 0 Å². The van der Waals surface area contributed by atoms with Crippen molar-refractivity contribution in [2.75, 3.05) is 0 Å². The molecule has 0 aromatic rings. The summed E-state index contributed by atoms with van der Waals surface area (Å²) in [7, 11) is 0. The Kier molecular flexibility index (Phi) is 4.90. The molecule has 0 aliphatic heterocycles. The molecule has 2 N–H and O–H groups in total. The molecule has 0 spiro atoms. The molecule has 3 aliphatic carbocycles. The number of aliphatic hydroxyl groups is 2. The van der Waals surface area contributed by atoms with Gasteiger partial charge in [-0.15, -0.1) is 0 Å². The van der Waals surface area contributed by atoms with E-state index in [0.717, 1.165) is 5.57 Å². The Morgan fingerprint density at radius 1 is 1.12 bits per heavy atom. The highest BCUT2D eigenvalue weighted by molar-refractivity contribution is 5.35. The molecule has 0 bridgehead atoms. The molecular formula is C22H32O2. The largest absolute Gasteiger partial charge is 0.388 e. The van der Waals surface area contributed by atoms with E-state index in [4.69, 9.17) is 0 Å². The third-order valence-electron chi connectivity index (χ3n) is 6.65. The highest BCUT2D eigenvalue weighted by atomic mass is 16.3. The predicted octanol–water partition coefficient (Wildman–Crippen LogP) is 4.85. The summed E-state index contributed by atoms with van der Waals surface area (Å²) >= 11 is 0. The number of hydrogen-bond donors (Lipinski definition) is 2. The quantitative estimate of drug-likeness (QED) is 0.676. The van der Waals surface area contributed by atoms with E-state index in [2.05, 4.69) is 39.5 Å². The van der Waals surface area contributed by atoms with Crippen LogP contribution in [0.2, 0.25) is 0 Å². The van der Waals surface area contributed by atoms with E-state index in [9.17, 15) is 10.2 Å². The van der Waals surface area contributed by atoms with Crippen LogP contribution in [0.1, 0.15) is 65.7 Å². The third-order valence-corrected chi connectivity index (χ3v) is 6.65. The zero-order valence-electron chi connectivity index (χ0n) is 15.4. The summed E-state index contributed by atoms with van der Waals surface area (Å²) in [5, 5.41) is 20.0. The smallest absolute Gasteiger partial charge is 0.0809 e. The second-order valence-corrected chi connectivity index (χ2v) is 8.42. The Morgan fingerprint density at radius 2 is 1.79 bits per heavy atom. The average molecular weight is 328 g/mol. The zero-order chi connectivity index (χ0) is 17.5. The molecule has 0 radical (unpaired) electrons. The second-order valence-electron chi connectivity index (χ2n) is 8.42. The molecule has 3 rings (SSSR count). The lowest BCUT2D eigenvalue weighted by Gasteiger charge is -2.40. The Hall–Kier alpha value is -1.12. The van der Waals surface area contributed by atoms with Crippen LogP contribution in [-0.2, 0) is 0 Å². The Bertz CT molecular complexity index is 602. The first-order chi connectivity index (χ1) is 11.3. The highest BCUT2D eigenvalue weighted by Crippen LogP contribution is 2.57. The molecule has 0 saturated heterocycles. The van der Waals surface area contributed by atoms with Gasteiger partial charge in [0.25, 0.3) is 0 Å². The van der Waals surface area contributed by atoms with E-state index in [1.807, 2.05) is 0 Å². The van der Waals surface area contributed by atoms with E-state index in [1.165, 1.54) is 37.7 Å². The summed E-state index contributed by atoms with van der Waals surface area (Å²) in [6, 6.07) is 0. The molecule has 132 valence electrons. The van der Waals surface area contributed by atoms with Gasteiger partial charge in [-0.1, -0.05) is 47.9 Å². The average Bonchev–Trinajstić information content (AvgIpc) is 2.88. The lowest BCUT2D eigenvalue weighted by atomic mass is 9.65. The molecule has 4 atom stereocenters. The van der Waals surface area contributed by atoms with Crippen LogP contribution < -0.4 is 0 Å². The monoisotopic (exact) mass is 328 g/mol. The molecule has 3 aliphatic rings. The van der Waals surface area contributed by atoms with Gasteiger partial charge in [0.2, 0.25) is 0 Å². The lowest BCUT2D eigenvalue weighted by molar-refractivity contribution is 0.123. The summed E-state index contributed by atoms with van der Waals surface area (Å²) in [5.41, 5.74) is 6.82. The van der Waals surface area contributed by atoms with Crippen molar-refractivity contribution in [3.63, 3.8) is 0 Å². The number of hydrogen-bond acceptors (Lipinski definition) is 2. The zero-order valence-corrected chi connectivity index (χ0v) is 15.4. The van der Waals surface area contributed by atoms with Gasteiger partial charge >= 0.3 is 0 Å². The van der Waals surface area contributed by atoms with Crippen molar-refractivity contribution in [2.45, 2.75) is 77.9 Å². The van der Waals surface area contributed by atoms with E-state index in [1.54, 1.807) is 11.1 Å². The minimum Gasteiger partial charge on any atom is -0.388 e.